The lowest BCUT2D eigenvalue weighted by molar-refractivity contribution is 0.423. The Labute approximate surface area is 166 Å². The number of hydrogen-bond acceptors (Lipinski definition) is 5. The molecule has 2 heterocycles. The van der Waals surface area contributed by atoms with Gasteiger partial charge in [0.25, 0.3) is 0 Å². The van der Waals surface area contributed by atoms with Gasteiger partial charge >= 0.3 is 0 Å². The van der Waals surface area contributed by atoms with E-state index in [4.69, 9.17) is 11.6 Å². The Hall–Kier alpha value is -1.70. The van der Waals surface area contributed by atoms with Gasteiger partial charge in [-0.1, -0.05) is 25.0 Å². The number of aromatic nitrogens is 2. The lowest BCUT2D eigenvalue weighted by Crippen LogP contribution is -2.31. The summed E-state index contributed by atoms with van der Waals surface area (Å²) >= 11 is 5.86. The minimum atomic E-state index is -3.39. The SMILES string of the molecule is Cc1cc(NCCc2ccc(S(=O)(=O)N3CCCCCC3)cc2)nc(Cl)n1. The third-order valence-corrected chi connectivity index (χ3v) is 6.75. The normalized spacial score (nSPS) is 16.1. The number of rotatable bonds is 6. The van der Waals surface area contributed by atoms with Crippen molar-refractivity contribution in [3.8, 4) is 0 Å². The molecule has 0 aliphatic carbocycles. The van der Waals surface area contributed by atoms with E-state index in [1.54, 1.807) is 16.4 Å². The summed E-state index contributed by atoms with van der Waals surface area (Å²) < 4.78 is 27.2. The van der Waals surface area contributed by atoms with Crippen molar-refractivity contribution in [3.63, 3.8) is 0 Å². The fourth-order valence-electron chi connectivity index (χ4n) is 3.22. The molecular weight excluding hydrogens is 384 g/mol. The molecule has 0 bridgehead atoms. The van der Waals surface area contributed by atoms with Crippen LogP contribution in [0.4, 0.5) is 5.82 Å². The quantitative estimate of drug-likeness (QED) is 0.738. The molecule has 0 spiro atoms. The van der Waals surface area contributed by atoms with Crippen molar-refractivity contribution >= 4 is 27.4 Å². The highest BCUT2D eigenvalue weighted by Gasteiger charge is 2.24. The van der Waals surface area contributed by atoms with Crippen LogP contribution in [0.25, 0.3) is 0 Å². The summed E-state index contributed by atoms with van der Waals surface area (Å²) in [5.74, 6) is 0.688. The third kappa shape index (κ3) is 5.40. The van der Waals surface area contributed by atoms with Gasteiger partial charge in [0.15, 0.2) is 0 Å². The van der Waals surface area contributed by atoms with E-state index in [-0.39, 0.29) is 5.28 Å². The van der Waals surface area contributed by atoms with Crippen LogP contribution >= 0.6 is 11.6 Å². The zero-order valence-corrected chi connectivity index (χ0v) is 17.1. The van der Waals surface area contributed by atoms with Crippen molar-refractivity contribution in [3.05, 3.63) is 46.9 Å². The Morgan fingerprint density at radius 1 is 1.07 bits per heavy atom. The van der Waals surface area contributed by atoms with Crippen molar-refractivity contribution < 1.29 is 8.42 Å². The van der Waals surface area contributed by atoms with Crippen molar-refractivity contribution in [2.75, 3.05) is 25.0 Å². The van der Waals surface area contributed by atoms with Gasteiger partial charge in [0.1, 0.15) is 5.82 Å². The molecule has 6 nitrogen and oxygen atoms in total. The fraction of sp³-hybridized carbons (Fsp3) is 0.474. The lowest BCUT2D eigenvalue weighted by Gasteiger charge is -2.20. The molecule has 0 unspecified atom stereocenters. The Bertz CT molecular complexity index is 844. The van der Waals surface area contributed by atoms with Gasteiger partial charge < -0.3 is 5.32 Å². The van der Waals surface area contributed by atoms with Crippen molar-refractivity contribution in [2.24, 2.45) is 0 Å². The van der Waals surface area contributed by atoms with Crippen LogP contribution in [0, 0.1) is 6.92 Å². The second kappa shape index (κ2) is 8.99. The van der Waals surface area contributed by atoms with Crippen LogP contribution in [0.5, 0.6) is 0 Å². The second-order valence-corrected chi connectivity index (χ2v) is 9.08. The zero-order chi connectivity index (χ0) is 19.3. The Morgan fingerprint density at radius 3 is 2.37 bits per heavy atom. The molecule has 1 saturated heterocycles. The summed E-state index contributed by atoms with van der Waals surface area (Å²) in [5, 5.41) is 3.44. The van der Waals surface area contributed by atoms with Gasteiger partial charge in [0, 0.05) is 31.4 Å². The number of hydrogen-bond donors (Lipinski definition) is 1. The van der Waals surface area contributed by atoms with E-state index in [2.05, 4.69) is 15.3 Å². The number of sulfonamides is 1. The zero-order valence-electron chi connectivity index (χ0n) is 15.5. The molecule has 1 aliphatic rings. The Kier molecular flexibility index (Phi) is 6.68. The Balaban J connectivity index is 1.59. The number of nitrogens with one attached hydrogen (secondary N) is 1. The maximum absolute atomic E-state index is 12.8. The van der Waals surface area contributed by atoms with Gasteiger partial charge in [-0.3, -0.25) is 0 Å². The molecule has 1 fully saturated rings. The van der Waals surface area contributed by atoms with Crippen LogP contribution in [0.2, 0.25) is 5.28 Å². The summed E-state index contributed by atoms with van der Waals surface area (Å²) in [6.45, 7) is 3.77. The minimum Gasteiger partial charge on any atom is -0.370 e. The van der Waals surface area contributed by atoms with Gasteiger partial charge in [-0.2, -0.15) is 4.31 Å². The predicted molar refractivity (Wildman–Crippen MR) is 108 cm³/mol. The second-order valence-electron chi connectivity index (χ2n) is 6.80. The molecule has 0 atom stereocenters. The lowest BCUT2D eigenvalue weighted by atomic mass is 10.1. The van der Waals surface area contributed by atoms with Gasteiger partial charge in [-0.05, 0) is 55.5 Å². The van der Waals surface area contributed by atoms with Gasteiger partial charge in [0.2, 0.25) is 15.3 Å². The van der Waals surface area contributed by atoms with Gasteiger partial charge in [-0.25, -0.2) is 18.4 Å². The van der Waals surface area contributed by atoms with Gasteiger partial charge in [0.05, 0.1) is 4.90 Å². The van der Waals surface area contributed by atoms with Crippen LogP contribution in [0.1, 0.15) is 36.9 Å². The van der Waals surface area contributed by atoms with E-state index in [1.807, 2.05) is 25.1 Å². The van der Waals surface area contributed by atoms with Crippen LogP contribution in [-0.2, 0) is 16.4 Å². The summed E-state index contributed by atoms with van der Waals surface area (Å²) in [6.07, 6.45) is 4.85. The molecule has 2 aromatic rings. The summed E-state index contributed by atoms with van der Waals surface area (Å²) in [7, 11) is -3.39. The molecule has 8 heteroatoms. The molecule has 1 aromatic carbocycles. The summed E-state index contributed by atoms with van der Waals surface area (Å²) in [4.78, 5) is 8.53. The number of nitrogens with zero attached hydrogens (tertiary/aromatic N) is 3. The molecule has 0 saturated carbocycles. The predicted octanol–water partition coefficient (Wildman–Crippen LogP) is 3.66. The molecule has 1 aromatic heterocycles. The maximum Gasteiger partial charge on any atom is 0.243 e. The topological polar surface area (TPSA) is 75.2 Å². The van der Waals surface area contributed by atoms with Crippen molar-refractivity contribution in [2.45, 2.75) is 43.9 Å². The van der Waals surface area contributed by atoms with E-state index >= 15 is 0 Å². The van der Waals surface area contributed by atoms with E-state index in [0.717, 1.165) is 43.4 Å². The molecule has 146 valence electrons. The maximum atomic E-state index is 12.8. The van der Waals surface area contributed by atoms with Crippen molar-refractivity contribution in [1.29, 1.82) is 0 Å². The Morgan fingerprint density at radius 2 is 1.74 bits per heavy atom. The third-order valence-electron chi connectivity index (χ3n) is 4.67. The van der Waals surface area contributed by atoms with Gasteiger partial charge in [-0.15, -0.1) is 0 Å². The molecular formula is C19H25ClN4O2S. The first-order valence-electron chi connectivity index (χ1n) is 9.29. The van der Waals surface area contributed by atoms with E-state index in [0.29, 0.717) is 30.3 Å². The highest BCUT2D eigenvalue weighted by atomic mass is 35.5. The summed E-state index contributed by atoms with van der Waals surface area (Å²) in [5.41, 5.74) is 1.87. The standard InChI is InChI=1S/C19H25ClN4O2S/c1-15-14-18(23-19(20)22-15)21-11-10-16-6-8-17(9-7-16)27(25,26)24-12-4-2-3-5-13-24/h6-9,14H,2-5,10-13H2,1H3,(H,21,22,23). The number of halogens is 1. The monoisotopic (exact) mass is 408 g/mol. The largest absolute Gasteiger partial charge is 0.370 e. The average molecular weight is 409 g/mol. The first-order chi connectivity index (χ1) is 12.9. The summed E-state index contributed by atoms with van der Waals surface area (Å²) in [6, 6.07) is 9.01. The van der Waals surface area contributed by atoms with Crippen LogP contribution in [-0.4, -0.2) is 42.3 Å². The highest BCUT2D eigenvalue weighted by molar-refractivity contribution is 7.89. The molecule has 1 N–H and O–H groups in total. The van der Waals surface area contributed by atoms with Crippen LogP contribution in [0.15, 0.2) is 35.2 Å². The minimum absolute atomic E-state index is 0.223. The van der Waals surface area contributed by atoms with Crippen LogP contribution < -0.4 is 5.32 Å². The molecule has 1 aliphatic heterocycles. The fourth-order valence-corrected chi connectivity index (χ4v) is 4.96. The van der Waals surface area contributed by atoms with Crippen molar-refractivity contribution in [1.82, 2.24) is 14.3 Å². The first kappa shape index (κ1) is 20.0. The molecule has 3 rings (SSSR count). The molecule has 27 heavy (non-hydrogen) atoms. The van der Waals surface area contributed by atoms with E-state index in [1.165, 1.54) is 0 Å². The van der Waals surface area contributed by atoms with E-state index < -0.39 is 10.0 Å². The average Bonchev–Trinajstić information content (AvgIpc) is 2.91. The first-order valence-corrected chi connectivity index (χ1v) is 11.1. The van der Waals surface area contributed by atoms with E-state index in [9.17, 15) is 8.42 Å². The number of benzene rings is 1. The molecule has 0 amide bonds. The number of aryl methyl sites for hydroxylation is 1. The highest BCUT2D eigenvalue weighted by Crippen LogP contribution is 2.21. The van der Waals surface area contributed by atoms with Crippen LogP contribution in [0.3, 0.4) is 0 Å². The number of anilines is 1. The smallest absolute Gasteiger partial charge is 0.243 e. The molecule has 0 radical (unpaired) electrons.